The van der Waals surface area contributed by atoms with Gasteiger partial charge in [-0.2, -0.15) is 5.26 Å². The minimum atomic E-state index is -0.608. The van der Waals surface area contributed by atoms with Gasteiger partial charge in [0.2, 0.25) is 0 Å². The number of ether oxygens (including phenoxy) is 1. The van der Waals surface area contributed by atoms with E-state index in [-0.39, 0.29) is 0 Å². The average molecular weight is 318 g/mol. The van der Waals surface area contributed by atoms with Gasteiger partial charge in [-0.1, -0.05) is 53.5 Å². The Bertz CT molecular complexity index is 723. The molecule has 2 nitrogen and oxygen atoms in total. The Kier molecular flexibility index (Phi) is 3.80. The largest absolute Gasteiger partial charge is 0.492 e. The van der Waals surface area contributed by atoms with Gasteiger partial charge in [0.1, 0.15) is 12.4 Å². The zero-order valence-corrected chi connectivity index (χ0v) is 12.8. The Labute approximate surface area is 133 Å². The van der Waals surface area contributed by atoms with Crippen molar-refractivity contribution in [3.8, 4) is 11.8 Å². The van der Waals surface area contributed by atoms with Crippen LogP contribution in [0.2, 0.25) is 10.0 Å². The van der Waals surface area contributed by atoms with Crippen LogP contribution in [0.1, 0.15) is 11.1 Å². The summed E-state index contributed by atoms with van der Waals surface area (Å²) in [7, 11) is 0. The van der Waals surface area contributed by atoms with Gasteiger partial charge >= 0.3 is 0 Å². The molecular weight excluding hydrogens is 305 g/mol. The van der Waals surface area contributed by atoms with Gasteiger partial charge in [0.05, 0.1) is 21.5 Å². The smallest absolute Gasteiger partial charge is 0.122 e. The van der Waals surface area contributed by atoms with Crippen LogP contribution >= 0.6 is 23.2 Å². The van der Waals surface area contributed by atoms with Crippen LogP contribution in [0.4, 0.5) is 0 Å². The van der Waals surface area contributed by atoms with E-state index < -0.39 is 5.41 Å². The van der Waals surface area contributed by atoms with Gasteiger partial charge in [0.25, 0.3) is 0 Å². The minimum Gasteiger partial charge on any atom is -0.492 e. The highest BCUT2D eigenvalue weighted by atomic mass is 35.5. The van der Waals surface area contributed by atoms with Crippen LogP contribution in [0, 0.1) is 16.7 Å². The maximum atomic E-state index is 9.68. The van der Waals surface area contributed by atoms with Crippen LogP contribution in [0.15, 0.2) is 42.5 Å². The second-order valence-corrected chi connectivity index (χ2v) is 6.14. The number of nitrogens with zero attached hydrogens (tertiary/aromatic N) is 1. The number of nitriles is 1. The Morgan fingerprint density at radius 1 is 1.14 bits per heavy atom. The summed E-state index contributed by atoms with van der Waals surface area (Å²) >= 11 is 12.3. The first kappa shape index (κ1) is 14.3. The standard InChI is InChI=1S/C17H13Cl2NO/c18-14-6-3-5-13(16(14)19)9-17(10-20)8-12-4-1-2-7-15(12)21-11-17/h1-7H,8-9,11H2. The average Bonchev–Trinajstić information content (AvgIpc) is 2.52. The van der Waals surface area contributed by atoms with Crippen molar-refractivity contribution in [2.24, 2.45) is 5.41 Å². The van der Waals surface area contributed by atoms with Crippen molar-refractivity contribution < 1.29 is 4.74 Å². The van der Waals surface area contributed by atoms with Crippen LogP contribution in [-0.4, -0.2) is 6.61 Å². The second kappa shape index (κ2) is 5.60. The third-order valence-electron chi connectivity index (χ3n) is 3.80. The van der Waals surface area contributed by atoms with E-state index in [1.165, 1.54) is 0 Å². The fourth-order valence-electron chi connectivity index (χ4n) is 2.70. The third kappa shape index (κ3) is 2.72. The van der Waals surface area contributed by atoms with E-state index in [1.807, 2.05) is 36.4 Å². The molecule has 0 saturated heterocycles. The summed E-state index contributed by atoms with van der Waals surface area (Å²) in [5, 5.41) is 10.7. The Morgan fingerprint density at radius 3 is 2.76 bits per heavy atom. The minimum absolute atomic E-state index is 0.364. The number of rotatable bonds is 2. The summed E-state index contributed by atoms with van der Waals surface area (Å²) in [6.07, 6.45) is 1.18. The highest BCUT2D eigenvalue weighted by molar-refractivity contribution is 6.42. The van der Waals surface area contributed by atoms with Gasteiger partial charge < -0.3 is 4.74 Å². The Balaban J connectivity index is 1.93. The first-order chi connectivity index (χ1) is 10.1. The van der Waals surface area contributed by atoms with E-state index in [2.05, 4.69) is 6.07 Å². The summed E-state index contributed by atoms with van der Waals surface area (Å²) in [5.41, 5.74) is 1.33. The normalized spacial score (nSPS) is 20.2. The first-order valence-electron chi connectivity index (χ1n) is 6.68. The summed E-state index contributed by atoms with van der Waals surface area (Å²) < 4.78 is 5.77. The molecule has 0 aromatic heterocycles. The molecule has 2 aromatic rings. The van der Waals surface area contributed by atoms with Crippen molar-refractivity contribution >= 4 is 23.2 Å². The first-order valence-corrected chi connectivity index (χ1v) is 7.44. The van der Waals surface area contributed by atoms with Crippen molar-refractivity contribution in [2.45, 2.75) is 12.8 Å². The van der Waals surface area contributed by atoms with Crippen LogP contribution in [0.25, 0.3) is 0 Å². The molecule has 1 aliphatic rings. The third-order valence-corrected chi connectivity index (χ3v) is 4.66. The molecule has 0 N–H and O–H groups in total. The van der Waals surface area contributed by atoms with Gasteiger partial charge in [-0.25, -0.2) is 0 Å². The second-order valence-electron chi connectivity index (χ2n) is 5.36. The Hall–Kier alpha value is -1.69. The number of fused-ring (bicyclic) bond motifs is 1. The molecule has 0 fully saturated rings. The number of hydrogen-bond donors (Lipinski definition) is 0. The van der Waals surface area contributed by atoms with E-state index >= 15 is 0 Å². The van der Waals surface area contributed by atoms with Crippen LogP contribution in [0.3, 0.4) is 0 Å². The fourth-order valence-corrected chi connectivity index (χ4v) is 3.08. The lowest BCUT2D eigenvalue weighted by atomic mass is 9.77. The molecule has 0 saturated carbocycles. The van der Waals surface area contributed by atoms with Crippen LogP contribution < -0.4 is 4.74 Å². The molecule has 1 unspecified atom stereocenters. The molecule has 21 heavy (non-hydrogen) atoms. The van der Waals surface area contributed by atoms with Crippen molar-refractivity contribution in [2.75, 3.05) is 6.61 Å². The fraction of sp³-hybridized carbons (Fsp3) is 0.235. The van der Waals surface area contributed by atoms with Gasteiger partial charge in [-0.3, -0.25) is 0 Å². The van der Waals surface area contributed by atoms with Crippen molar-refractivity contribution in [3.63, 3.8) is 0 Å². The quantitative estimate of drug-likeness (QED) is 0.805. The molecule has 1 atom stereocenters. The molecular formula is C17H13Cl2NO. The zero-order chi connectivity index (χ0) is 14.9. The maximum Gasteiger partial charge on any atom is 0.122 e. The van der Waals surface area contributed by atoms with E-state index in [0.29, 0.717) is 29.5 Å². The number of benzene rings is 2. The lowest BCUT2D eigenvalue weighted by Crippen LogP contribution is -2.35. The maximum absolute atomic E-state index is 9.68. The molecule has 0 bridgehead atoms. The molecule has 0 aliphatic carbocycles. The summed E-state index contributed by atoms with van der Waals surface area (Å²) in [4.78, 5) is 0. The summed E-state index contributed by atoms with van der Waals surface area (Å²) in [6.45, 7) is 0.364. The summed E-state index contributed by atoms with van der Waals surface area (Å²) in [5.74, 6) is 0.862. The predicted molar refractivity (Wildman–Crippen MR) is 83.9 cm³/mol. The van der Waals surface area contributed by atoms with Gasteiger partial charge in [-0.15, -0.1) is 0 Å². The molecule has 4 heteroatoms. The molecule has 106 valence electrons. The van der Waals surface area contributed by atoms with Gasteiger partial charge in [0, 0.05) is 0 Å². The molecule has 2 aromatic carbocycles. The lowest BCUT2D eigenvalue weighted by Gasteiger charge is -2.32. The lowest BCUT2D eigenvalue weighted by molar-refractivity contribution is 0.169. The van der Waals surface area contributed by atoms with Crippen molar-refractivity contribution in [1.29, 1.82) is 5.26 Å². The summed E-state index contributed by atoms with van der Waals surface area (Å²) in [6, 6.07) is 15.8. The van der Waals surface area contributed by atoms with E-state index in [0.717, 1.165) is 16.9 Å². The molecule has 1 aliphatic heterocycles. The molecule has 1 heterocycles. The number of hydrogen-bond acceptors (Lipinski definition) is 2. The topological polar surface area (TPSA) is 33.0 Å². The van der Waals surface area contributed by atoms with Crippen molar-refractivity contribution in [1.82, 2.24) is 0 Å². The zero-order valence-electron chi connectivity index (χ0n) is 11.3. The number of halogens is 2. The van der Waals surface area contributed by atoms with E-state index in [9.17, 15) is 5.26 Å². The molecule has 0 spiro atoms. The Morgan fingerprint density at radius 2 is 1.95 bits per heavy atom. The SMILES string of the molecule is N#CC1(Cc2cccc(Cl)c2Cl)COc2ccccc2C1. The highest BCUT2D eigenvalue weighted by Gasteiger charge is 2.37. The monoisotopic (exact) mass is 317 g/mol. The molecule has 3 rings (SSSR count). The molecule has 0 radical (unpaired) electrons. The van der Waals surface area contributed by atoms with E-state index in [4.69, 9.17) is 27.9 Å². The van der Waals surface area contributed by atoms with Crippen LogP contribution in [-0.2, 0) is 12.8 Å². The van der Waals surface area contributed by atoms with Crippen molar-refractivity contribution in [3.05, 3.63) is 63.6 Å². The van der Waals surface area contributed by atoms with Gasteiger partial charge in [0.15, 0.2) is 0 Å². The predicted octanol–water partition coefficient (Wildman–Crippen LogP) is 4.68. The van der Waals surface area contributed by atoms with Gasteiger partial charge in [-0.05, 0) is 36.1 Å². The molecule has 0 amide bonds. The van der Waals surface area contributed by atoms with E-state index in [1.54, 1.807) is 6.07 Å². The van der Waals surface area contributed by atoms with Crippen LogP contribution in [0.5, 0.6) is 5.75 Å². The number of para-hydroxylation sites is 1. The highest BCUT2D eigenvalue weighted by Crippen LogP contribution is 2.38.